The number of aromatic hydroxyl groups is 2. The van der Waals surface area contributed by atoms with E-state index in [2.05, 4.69) is 38.1 Å². The lowest BCUT2D eigenvalue weighted by Gasteiger charge is -2.16. The number of hydrogen-bond donors (Lipinski definition) is 2. The molecule has 0 saturated heterocycles. The van der Waals surface area contributed by atoms with Crippen molar-refractivity contribution >= 4 is 0 Å². The zero-order valence-corrected chi connectivity index (χ0v) is 14.0. The molecule has 130 valence electrons. The Kier molecular flexibility index (Phi) is 5.87. The normalized spacial score (nSPS) is 12.9. The Morgan fingerprint density at radius 2 is 0.680 bits per heavy atom. The maximum absolute atomic E-state index is 9.42. The minimum Gasteiger partial charge on any atom is -0.508 e. The quantitative estimate of drug-likeness (QED) is 0.611. The van der Waals surface area contributed by atoms with Gasteiger partial charge in [-0.15, -0.1) is 0 Å². The molecular formula is C23H26O2. The molecule has 0 amide bonds. The van der Waals surface area contributed by atoms with Gasteiger partial charge in [-0.3, -0.25) is 0 Å². The van der Waals surface area contributed by atoms with Gasteiger partial charge in [0.2, 0.25) is 0 Å². The molecule has 2 unspecified atom stereocenters. The Hall–Kier alpha value is -2.74. The number of benzene rings is 3. The molecule has 3 aromatic carbocycles. The Labute approximate surface area is 150 Å². The van der Waals surface area contributed by atoms with Crippen molar-refractivity contribution in [2.45, 2.75) is 33.1 Å². The maximum atomic E-state index is 9.42. The Balaban J connectivity index is 0.00000225. The molecule has 2 heteroatoms. The van der Waals surface area contributed by atoms with Gasteiger partial charge >= 0.3 is 0 Å². The molecule has 0 radical (unpaired) electrons. The molecule has 0 saturated carbocycles. The first-order chi connectivity index (χ1) is 11.5. The number of phenols is 2. The molecule has 2 atom stereocenters. The highest BCUT2D eigenvalue weighted by Gasteiger charge is 2.11. The van der Waals surface area contributed by atoms with Crippen LogP contribution in [0, 0.1) is 0 Å². The van der Waals surface area contributed by atoms with Crippen LogP contribution in [0.3, 0.4) is 0 Å². The van der Waals surface area contributed by atoms with Crippen molar-refractivity contribution in [3.63, 3.8) is 0 Å². The van der Waals surface area contributed by atoms with Crippen LogP contribution in [0.25, 0.3) is 0 Å². The molecule has 0 aliphatic rings. The highest BCUT2D eigenvalue weighted by molar-refractivity contribution is 5.39. The molecule has 2 nitrogen and oxygen atoms in total. The number of hydrogen-bond acceptors (Lipinski definition) is 2. The van der Waals surface area contributed by atoms with E-state index in [0.29, 0.717) is 11.5 Å². The fraction of sp³-hybridized carbons (Fsp3) is 0.217. The summed E-state index contributed by atoms with van der Waals surface area (Å²) < 4.78 is 0. The van der Waals surface area contributed by atoms with Gasteiger partial charge in [0.1, 0.15) is 11.5 Å². The van der Waals surface area contributed by atoms with Gasteiger partial charge in [-0.25, -0.2) is 0 Å². The summed E-state index contributed by atoms with van der Waals surface area (Å²) in [5, 5.41) is 18.8. The van der Waals surface area contributed by atoms with Crippen LogP contribution in [0.5, 0.6) is 11.5 Å². The van der Waals surface area contributed by atoms with Crippen molar-refractivity contribution in [2.24, 2.45) is 0 Å². The van der Waals surface area contributed by atoms with E-state index in [9.17, 15) is 10.2 Å². The molecule has 0 aromatic heterocycles. The van der Waals surface area contributed by atoms with Gasteiger partial charge in [0.15, 0.2) is 0 Å². The van der Waals surface area contributed by atoms with E-state index >= 15 is 0 Å². The average molecular weight is 334 g/mol. The first-order valence-electron chi connectivity index (χ1n) is 8.22. The van der Waals surface area contributed by atoms with Crippen molar-refractivity contribution in [1.29, 1.82) is 0 Å². The first-order valence-corrected chi connectivity index (χ1v) is 8.22. The van der Waals surface area contributed by atoms with Crippen LogP contribution in [0.2, 0.25) is 0 Å². The van der Waals surface area contributed by atoms with Crippen LogP contribution in [-0.4, -0.2) is 10.2 Å². The summed E-state index contributed by atoms with van der Waals surface area (Å²) in [5.74, 6) is 1.15. The molecule has 2 N–H and O–H groups in total. The molecule has 3 rings (SSSR count). The van der Waals surface area contributed by atoms with Crippen molar-refractivity contribution in [3.05, 3.63) is 95.1 Å². The monoisotopic (exact) mass is 334 g/mol. The van der Waals surface area contributed by atoms with E-state index in [-0.39, 0.29) is 19.3 Å². The Bertz CT molecular complexity index is 717. The summed E-state index contributed by atoms with van der Waals surface area (Å²) in [6.07, 6.45) is 0. The zero-order valence-electron chi connectivity index (χ0n) is 14.0. The standard InChI is InChI=1S/C22H22O2.CH4/c1-15(19-7-11-21(23)12-8-19)17-3-5-18(6-4-17)16(2)20-9-13-22(24)14-10-20;/h3-16,23-24H,1-2H3;1H4. The minimum atomic E-state index is 0. The third kappa shape index (κ3) is 4.21. The predicted octanol–water partition coefficient (Wildman–Crippen LogP) is 6.04. The molecule has 0 bridgehead atoms. The lowest BCUT2D eigenvalue weighted by molar-refractivity contribution is 0.474. The fourth-order valence-corrected chi connectivity index (χ4v) is 2.98. The van der Waals surface area contributed by atoms with Crippen molar-refractivity contribution in [1.82, 2.24) is 0 Å². The summed E-state index contributed by atoms with van der Waals surface area (Å²) in [4.78, 5) is 0. The van der Waals surface area contributed by atoms with Gasteiger partial charge in [0, 0.05) is 11.8 Å². The third-order valence-corrected chi connectivity index (χ3v) is 4.72. The van der Waals surface area contributed by atoms with Gasteiger partial charge in [0.05, 0.1) is 0 Å². The minimum absolute atomic E-state index is 0. The number of phenolic OH excluding ortho intramolecular Hbond substituents is 2. The van der Waals surface area contributed by atoms with E-state index in [4.69, 9.17) is 0 Å². The second kappa shape index (κ2) is 7.89. The topological polar surface area (TPSA) is 40.5 Å². The SMILES string of the molecule is C.CC(c1ccc(O)cc1)c1ccc(C(C)c2ccc(O)cc2)cc1. The summed E-state index contributed by atoms with van der Waals surface area (Å²) in [7, 11) is 0. The second-order valence-corrected chi connectivity index (χ2v) is 6.29. The summed E-state index contributed by atoms with van der Waals surface area (Å²) in [6.45, 7) is 4.34. The fourth-order valence-electron chi connectivity index (χ4n) is 2.98. The van der Waals surface area contributed by atoms with E-state index in [0.717, 1.165) is 0 Å². The molecule has 0 spiro atoms. The largest absolute Gasteiger partial charge is 0.508 e. The third-order valence-electron chi connectivity index (χ3n) is 4.72. The van der Waals surface area contributed by atoms with Crippen LogP contribution in [0.1, 0.15) is 55.4 Å². The second-order valence-electron chi connectivity index (χ2n) is 6.29. The van der Waals surface area contributed by atoms with Gasteiger partial charge in [-0.05, 0) is 46.5 Å². The van der Waals surface area contributed by atoms with Crippen LogP contribution < -0.4 is 0 Å². The molecule has 0 aliphatic carbocycles. The highest BCUT2D eigenvalue weighted by atomic mass is 16.3. The van der Waals surface area contributed by atoms with Gasteiger partial charge in [-0.1, -0.05) is 69.8 Å². The average Bonchev–Trinajstić information content (AvgIpc) is 2.62. The van der Waals surface area contributed by atoms with Crippen LogP contribution in [-0.2, 0) is 0 Å². The van der Waals surface area contributed by atoms with Gasteiger partial charge < -0.3 is 10.2 Å². The van der Waals surface area contributed by atoms with Crippen molar-refractivity contribution in [3.8, 4) is 11.5 Å². The molecule has 0 fully saturated rings. The molecule has 25 heavy (non-hydrogen) atoms. The highest BCUT2D eigenvalue weighted by Crippen LogP contribution is 2.29. The van der Waals surface area contributed by atoms with Crippen LogP contribution >= 0.6 is 0 Å². The van der Waals surface area contributed by atoms with E-state index in [1.54, 1.807) is 24.3 Å². The summed E-state index contributed by atoms with van der Waals surface area (Å²) >= 11 is 0. The summed E-state index contributed by atoms with van der Waals surface area (Å²) in [6, 6.07) is 23.5. The molecule has 0 heterocycles. The number of rotatable bonds is 4. The zero-order chi connectivity index (χ0) is 17.1. The van der Waals surface area contributed by atoms with Gasteiger partial charge in [-0.2, -0.15) is 0 Å². The summed E-state index contributed by atoms with van der Waals surface area (Å²) in [5.41, 5.74) is 4.88. The maximum Gasteiger partial charge on any atom is 0.115 e. The Morgan fingerprint density at radius 3 is 0.920 bits per heavy atom. The van der Waals surface area contributed by atoms with E-state index in [1.807, 2.05) is 24.3 Å². The molecular weight excluding hydrogens is 308 g/mol. The van der Waals surface area contributed by atoms with E-state index < -0.39 is 0 Å². The molecule has 3 aromatic rings. The predicted molar refractivity (Wildman–Crippen MR) is 104 cm³/mol. The Morgan fingerprint density at radius 1 is 0.480 bits per heavy atom. The first kappa shape index (κ1) is 18.6. The molecule has 0 aliphatic heterocycles. The lowest BCUT2D eigenvalue weighted by Crippen LogP contribution is -1.99. The van der Waals surface area contributed by atoms with Gasteiger partial charge in [0.25, 0.3) is 0 Å². The smallest absolute Gasteiger partial charge is 0.115 e. The van der Waals surface area contributed by atoms with Crippen molar-refractivity contribution in [2.75, 3.05) is 0 Å². The lowest BCUT2D eigenvalue weighted by atomic mass is 9.89. The van der Waals surface area contributed by atoms with Crippen LogP contribution in [0.4, 0.5) is 0 Å². The van der Waals surface area contributed by atoms with Crippen molar-refractivity contribution < 1.29 is 10.2 Å². The van der Waals surface area contributed by atoms with E-state index in [1.165, 1.54) is 22.3 Å². The van der Waals surface area contributed by atoms with Crippen LogP contribution in [0.15, 0.2) is 72.8 Å².